The highest BCUT2D eigenvalue weighted by Gasteiger charge is 2.19. The Bertz CT molecular complexity index is 517. The second kappa shape index (κ2) is 4.55. The molecule has 17 heavy (non-hydrogen) atoms. The van der Waals surface area contributed by atoms with Gasteiger partial charge in [-0.05, 0) is 25.6 Å². The third-order valence-electron chi connectivity index (χ3n) is 2.80. The number of nitrogens with two attached hydrogens (primary N) is 1. The zero-order valence-corrected chi connectivity index (χ0v) is 10.3. The van der Waals surface area contributed by atoms with Crippen molar-refractivity contribution < 1.29 is 0 Å². The summed E-state index contributed by atoms with van der Waals surface area (Å²) in [6.45, 7) is 2.00. The summed E-state index contributed by atoms with van der Waals surface area (Å²) < 4.78 is 1.98. The highest BCUT2D eigenvalue weighted by molar-refractivity contribution is 5.45. The van der Waals surface area contributed by atoms with Gasteiger partial charge < -0.3 is 15.6 Å². The van der Waals surface area contributed by atoms with E-state index in [1.807, 2.05) is 37.8 Å². The lowest BCUT2D eigenvalue weighted by atomic mass is 10.1. The predicted molar refractivity (Wildman–Crippen MR) is 67.5 cm³/mol. The molecule has 0 aliphatic carbocycles. The molecule has 0 saturated carbocycles. The number of hydrogen-bond donors (Lipinski definition) is 2. The number of aromatic nitrogens is 3. The predicted octanol–water partition coefficient (Wildman–Crippen LogP) is 1.01. The summed E-state index contributed by atoms with van der Waals surface area (Å²) in [5.74, 6) is 1.46. The zero-order chi connectivity index (χ0) is 12.4. The van der Waals surface area contributed by atoms with Crippen LogP contribution in [-0.2, 0) is 7.05 Å². The molecule has 2 aromatic rings. The molecule has 5 heteroatoms. The Balaban J connectivity index is 2.49. The number of hydrogen-bond acceptors (Lipinski definition) is 4. The van der Waals surface area contributed by atoms with E-state index in [2.05, 4.69) is 15.3 Å². The highest BCUT2D eigenvalue weighted by Crippen LogP contribution is 2.24. The molecule has 2 heterocycles. The summed E-state index contributed by atoms with van der Waals surface area (Å²) in [6, 6.07) is 2.00. The van der Waals surface area contributed by atoms with Crippen molar-refractivity contribution in [3.8, 4) is 0 Å². The van der Waals surface area contributed by atoms with Crippen LogP contribution in [0, 0.1) is 6.92 Å². The Morgan fingerprint density at radius 3 is 2.76 bits per heavy atom. The van der Waals surface area contributed by atoms with Crippen LogP contribution in [0.1, 0.15) is 23.0 Å². The fourth-order valence-electron chi connectivity index (χ4n) is 1.91. The van der Waals surface area contributed by atoms with E-state index in [-0.39, 0.29) is 6.04 Å². The van der Waals surface area contributed by atoms with Gasteiger partial charge in [0.25, 0.3) is 0 Å². The summed E-state index contributed by atoms with van der Waals surface area (Å²) in [6.07, 6.45) is 5.46. The van der Waals surface area contributed by atoms with Crippen molar-refractivity contribution in [3.05, 3.63) is 41.6 Å². The smallest absolute Gasteiger partial charge is 0.130 e. The maximum absolute atomic E-state index is 5.93. The first-order chi connectivity index (χ1) is 8.13. The highest BCUT2D eigenvalue weighted by atomic mass is 15.1. The second-order valence-electron chi connectivity index (χ2n) is 4.11. The Labute approximate surface area is 101 Å². The third kappa shape index (κ3) is 2.14. The molecule has 0 bridgehead atoms. The first-order valence-corrected chi connectivity index (χ1v) is 5.50. The van der Waals surface area contributed by atoms with E-state index < -0.39 is 0 Å². The Kier molecular flexibility index (Phi) is 3.10. The van der Waals surface area contributed by atoms with Crippen molar-refractivity contribution in [2.75, 3.05) is 12.8 Å². The van der Waals surface area contributed by atoms with Crippen molar-refractivity contribution in [2.45, 2.75) is 13.0 Å². The van der Waals surface area contributed by atoms with Gasteiger partial charge in [0.05, 0.1) is 6.04 Å². The van der Waals surface area contributed by atoms with Crippen molar-refractivity contribution >= 4 is 5.82 Å². The van der Waals surface area contributed by atoms with Gasteiger partial charge in [-0.2, -0.15) is 0 Å². The first-order valence-electron chi connectivity index (χ1n) is 5.50. The van der Waals surface area contributed by atoms with Gasteiger partial charge in [-0.3, -0.25) is 0 Å². The molecule has 0 radical (unpaired) electrons. The van der Waals surface area contributed by atoms with E-state index in [9.17, 15) is 0 Å². The van der Waals surface area contributed by atoms with E-state index in [4.69, 9.17) is 5.73 Å². The molecule has 90 valence electrons. The lowest BCUT2D eigenvalue weighted by Crippen LogP contribution is -2.22. The van der Waals surface area contributed by atoms with Gasteiger partial charge in [-0.25, -0.2) is 9.97 Å². The Morgan fingerprint density at radius 2 is 2.18 bits per heavy atom. The SMILES string of the molecule is CNC(c1cc(C)cnc1N)c1nccn1C. The summed E-state index contributed by atoms with van der Waals surface area (Å²) >= 11 is 0. The molecule has 2 aromatic heterocycles. The van der Waals surface area contributed by atoms with Crippen LogP contribution < -0.4 is 11.1 Å². The number of nitrogens with one attached hydrogen (secondary N) is 1. The number of aryl methyl sites for hydroxylation is 2. The topological polar surface area (TPSA) is 68.8 Å². The molecule has 1 atom stereocenters. The Hall–Kier alpha value is -1.88. The van der Waals surface area contributed by atoms with E-state index in [1.165, 1.54) is 0 Å². The third-order valence-corrected chi connectivity index (χ3v) is 2.80. The lowest BCUT2D eigenvalue weighted by molar-refractivity contribution is 0.617. The van der Waals surface area contributed by atoms with Crippen molar-refractivity contribution in [1.29, 1.82) is 0 Å². The summed E-state index contributed by atoms with van der Waals surface area (Å²) in [4.78, 5) is 8.54. The number of nitrogens with zero attached hydrogens (tertiary/aromatic N) is 3. The maximum atomic E-state index is 5.93. The minimum atomic E-state index is -0.0394. The molecule has 0 saturated heterocycles. The second-order valence-corrected chi connectivity index (χ2v) is 4.11. The fourth-order valence-corrected chi connectivity index (χ4v) is 1.91. The van der Waals surface area contributed by atoms with Crippen molar-refractivity contribution in [2.24, 2.45) is 7.05 Å². The van der Waals surface area contributed by atoms with Gasteiger partial charge in [0.1, 0.15) is 11.6 Å². The lowest BCUT2D eigenvalue weighted by Gasteiger charge is -2.18. The minimum Gasteiger partial charge on any atom is -0.383 e. The van der Waals surface area contributed by atoms with E-state index in [0.717, 1.165) is 17.0 Å². The normalized spacial score (nSPS) is 12.6. The summed E-state index contributed by atoms with van der Waals surface area (Å²) in [5, 5.41) is 3.23. The van der Waals surface area contributed by atoms with Crippen LogP contribution in [0.4, 0.5) is 5.82 Å². The molecule has 0 aliphatic rings. The van der Waals surface area contributed by atoms with E-state index in [1.54, 1.807) is 12.4 Å². The van der Waals surface area contributed by atoms with Gasteiger partial charge in [0, 0.05) is 31.2 Å². The van der Waals surface area contributed by atoms with E-state index >= 15 is 0 Å². The number of rotatable bonds is 3. The average molecular weight is 231 g/mol. The molecule has 5 nitrogen and oxygen atoms in total. The average Bonchev–Trinajstić information content (AvgIpc) is 2.71. The van der Waals surface area contributed by atoms with Crippen LogP contribution in [0.5, 0.6) is 0 Å². The molecule has 2 rings (SSSR count). The summed E-state index contributed by atoms with van der Waals surface area (Å²) in [7, 11) is 3.85. The van der Waals surface area contributed by atoms with Crippen molar-refractivity contribution in [1.82, 2.24) is 19.9 Å². The number of anilines is 1. The minimum absolute atomic E-state index is 0.0394. The first kappa shape index (κ1) is 11.6. The monoisotopic (exact) mass is 231 g/mol. The number of nitrogen functional groups attached to an aromatic ring is 1. The maximum Gasteiger partial charge on any atom is 0.130 e. The van der Waals surface area contributed by atoms with Crippen LogP contribution in [0.3, 0.4) is 0 Å². The van der Waals surface area contributed by atoms with Crippen LogP contribution in [0.15, 0.2) is 24.7 Å². The molecular formula is C12H17N5. The van der Waals surface area contributed by atoms with Crippen LogP contribution in [0.2, 0.25) is 0 Å². The largest absolute Gasteiger partial charge is 0.383 e. The Morgan fingerprint density at radius 1 is 1.41 bits per heavy atom. The quantitative estimate of drug-likeness (QED) is 0.827. The molecule has 0 aliphatic heterocycles. The number of imidazole rings is 1. The molecule has 0 fully saturated rings. The standard InChI is InChI=1S/C12H17N5/c1-8-6-9(11(13)16-7-8)10(14-2)12-15-4-5-17(12)3/h4-7,10,14H,1-3H3,(H2,13,16). The number of pyridine rings is 1. The van der Waals surface area contributed by atoms with Crippen LogP contribution >= 0.6 is 0 Å². The van der Waals surface area contributed by atoms with Gasteiger partial charge in [0.15, 0.2) is 0 Å². The fraction of sp³-hybridized carbons (Fsp3) is 0.333. The van der Waals surface area contributed by atoms with Gasteiger partial charge in [-0.1, -0.05) is 0 Å². The molecule has 3 N–H and O–H groups in total. The molecule has 0 spiro atoms. The van der Waals surface area contributed by atoms with Crippen LogP contribution in [-0.4, -0.2) is 21.6 Å². The van der Waals surface area contributed by atoms with E-state index in [0.29, 0.717) is 5.82 Å². The zero-order valence-electron chi connectivity index (χ0n) is 10.3. The van der Waals surface area contributed by atoms with Crippen molar-refractivity contribution in [3.63, 3.8) is 0 Å². The van der Waals surface area contributed by atoms with Crippen LogP contribution in [0.25, 0.3) is 0 Å². The van der Waals surface area contributed by atoms with Gasteiger partial charge >= 0.3 is 0 Å². The molecule has 0 amide bonds. The molecule has 1 unspecified atom stereocenters. The molecule has 0 aromatic carbocycles. The van der Waals surface area contributed by atoms with Gasteiger partial charge in [-0.15, -0.1) is 0 Å². The summed E-state index contributed by atoms with van der Waals surface area (Å²) in [5.41, 5.74) is 7.98. The van der Waals surface area contributed by atoms with Gasteiger partial charge in [0.2, 0.25) is 0 Å². The molecular weight excluding hydrogens is 214 g/mol.